The lowest BCUT2D eigenvalue weighted by Gasteiger charge is -2.01. The second-order valence-corrected chi connectivity index (χ2v) is 4.48. The summed E-state index contributed by atoms with van der Waals surface area (Å²) < 4.78 is 1.09. The van der Waals surface area contributed by atoms with Crippen LogP contribution in [-0.4, -0.2) is 4.98 Å². The minimum Gasteiger partial charge on any atom is -0.356 e. The first-order valence-corrected chi connectivity index (χ1v) is 5.42. The predicted molar refractivity (Wildman–Crippen MR) is 63.3 cm³/mol. The van der Waals surface area contributed by atoms with Crippen molar-refractivity contribution in [1.29, 1.82) is 0 Å². The second-order valence-electron chi connectivity index (χ2n) is 3.69. The monoisotopic (exact) mass is 252 g/mol. The van der Waals surface area contributed by atoms with Crippen molar-refractivity contribution in [2.75, 3.05) is 0 Å². The second kappa shape index (κ2) is 3.41. The molecule has 0 aliphatic carbocycles. The Morgan fingerprint density at radius 2 is 2.14 bits per heavy atom. The van der Waals surface area contributed by atoms with Crippen molar-refractivity contribution >= 4 is 26.8 Å². The molecule has 1 atom stereocenters. The number of benzene rings is 1. The Morgan fingerprint density at radius 1 is 1.43 bits per heavy atom. The maximum atomic E-state index is 5.86. The van der Waals surface area contributed by atoms with Crippen LogP contribution in [0.2, 0.25) is 0 Å². The minimum atomic E-state index is 0.0251. The number of halogens is 1. The third kappa shape index (κ3) is 1.47. The highest BCUT2D eigenvalue weighted by molar-refractivity contribution is 9.10. The topological polar surface area (TPSA) is 41.8 Å². The summed E-state index contributed by atoms with van der Waals surface area (Å²) in [7, 11) is 0. The summed E-state index contributed by atoms with van der Waals surface area (Å²) in [6, 6.07) is 6.37. The molecule has 74 valence electrons. The van der Waals surface area contributed by atoms with Gasteiger partial charge in [-0.25, -0.2) is 0 Å². The molecule has 14 heavy (non-hydrogen) atoms. The van der Waals surface area contributed by atoms with Gasteiger partial charge < -0.3 is 10.7 Å². The molecule has 0 saturated carbocycles. The van der Waals surface area contributed by atoms with Crippen molar-refractivity contribution in [2.45, 2.75) is 19.9 Å². The smallest absolute Gasteiger partial charge is 0.0477 e. The average molecular weight is 253 g/mol. The number of nitrogens with one attached hydrogen (secondary N) is 1. The molecule has 0 radical (unpaired) electrons. The molecule has 3 heteroatoms. The van der Waals surface area contributed by atoms with Crippen LogP contribution in [-0.2, 0) is 0 Å². The van der Waals surface area contributed by atoms with Crippen LogP contribution in [0.3, 0.4) is 0 Å². The van der Waals surface area contributed by atoms with Gasteiger partial charge in [-0.3, -0.25) is 0 Å². The molecule has 1 aromatic heterocycles. The van der Waals surface area contributed by atoms with E-state index in [0.29, 0.717) is 0 Å². The number of hydrogen-bond acceptors (Lipinski definition) is 1. The van der Waals surface area contributed by atoms with Gasteiger partial charge in [0.15, 0.2) is 0 Å². The fraction of sp³-hybridized carbons (Fsp3) is 0.273. The summed E-state index contributed by atoms with van der Waals surface area (Å²) >= 11 is 3.57. The van der Waals surface area contributed by atoms with E-state index in [2.05, 4.69) is 46.0 Å². The Balaban J connectivity index is 2.73. The highest BCUT2D eigenvalue weighted by Crippen LogP contribution is 2.31. The molecule has 0 spiro atoms. The van der Waals surface area contributed by atoms with E-state index in [1.165, 1.54) is 10.9 Å². The molecular formula is C11H13BrN2. The van der Waals surface area contributed by atoms with Crippen molar-refractivity contribution in [3.63, 3.8) is 0 Å². The Hall–Kier alpha value is -0.800. The Morgan fingerprint density at radius 3 is 2.79 bits per heavy atom. The summed E-state index contributed by atoms with van der Waals surface area (Å²) in [4.78, 5) is 3.33. The summed E-state index contributed by atoms with van der Waals surface area (Å²) in [5.41, 5.74) is 9.31. The third-order valence-corrected chi connectivity index (χ3v) is 3.23. The van der Waals surface area contributed by atoms with Gasteiger partial charge in [0.1, 0.15) is 0 Å². The molecule has 0 aliphatic rings. The number of hydrogen-bond donors (Lipinski definition) is 2. The molecule has 0 saturated heterocycles. The first-order chi connectivity index (χ1) is 6.59. The largest absolute Gasteiger partial charge is 0.356 e. The summed E-state index contributed by atoms with van der Waals surface area (Å²) in [5.74, 6) is 0. The fourth-order valence-corrected chi connectivity index (χ4v) is 2.42. The molecule has 1 unspecified atom stereocenters. The number of fused-ring (bicyclic) bond motifs is 1. The molecule has 3 N–H and O–H groups in total. The first-order valence-electron chi connectivity index (χ1n) is 4.63. The van der Waals surface area contributed by atoms with Crippen molar-refractivity contribution < 1.29 is 0 Å². The van der Waals surface area contributed by atoms with E-state index in [-0.39, 0.29) is 6.04 Å². The highest BCUT2D eigenvalue weighted by atomic mass is 79.9. The summed E-state index contributed by atoms with van der Waals surface area (Å²) in [6.45, 7) is 4.06. The molecule has 0 aliphatic heterocycles. The van der Waals surface area contributed by atoms with Crippen LogP contribution in [0.5, 0.6) is 0 Å². The fourth-order valence-electron chi connectivity index (χ4n) is 1.61. The first kappa shape index (κ1) is 9.74. The molecule has 1 heterocycles. The Kier molecular flexibility index (Phi) is 2.37. The van der Waals surface area contributed by atoms with Gasteiger partial charge in [-0.05, 0) is 41.4 Å². The normalized spacial score (nSPS) is 13.4. The van der Waals surface area contributed by atoms with Crippen molar-refractivity contribution in [2.24, 2.45) is 5.73 Å². The number of nitrogens with two attached hydrogens (primary N) is 1. The lowest BCUT2D eigenvalue weighted by molar-refractivity contribution is 0.788. The van der Waals surface area contributed by atoms with Gasteiger partial charge in [-0.1, -0.05) is 12.1 Å². The number of aromatic nitrogens is 1. The quantitative estimate of drug-likeness (QED) is 0.804. The molecule has 2 rings (SSSR count). The molecule has 0 bridgehead atoms. The molecule has 1 aromatic carbocycles. The maximum Gasteiger partial charge on any atom is 0.0477 e. The molecule has 0 amide bonds. The summed E-state index contributed by atoms with van der Waals surface area (Å²) in [6.07, 6.45) is 0. The number of H-pyrrole nitrogens is 1. The van der Waals surface area contributed by atoms with E-state index < -0.39 is 0 Å². The highest BCUT2D eigenvalue weighted by Gasteiger charge is 2.11. The zero-order valence-electron chi connectivity index (χ0n) is 8.26. The molecule has 0 fully saturated rings. The predicted octanol–water partition coefficient (Wildman–Crippen LogP) is 3.26. The standard InChI is InChI=1S/C11H13BrN2/c1-6-3-4-8-9(5-6)14-11(7(2)13)10(8)12/h3-5,7,14H,13H2,1-2H3. The van der Waals surface area contributed by atoms with Gasteiger partial charge in [-0.15, -0.1) is 0 Å². The van der Waals surface area contributed by atoms with Crippen molar-refractivity contribution in [1.82, 2.24) is 4.98 Å². The van der Waals surface area contributed by atoms with Crippen LogP contribution < -0.4 is 5.73 Å². The van der Waals surface area contributed by atoms with E-state index >= 15 is 0 Å². The van der Waals surface area contributed by atoms with Crippen LogP contribution in [0.4, 0.5) is 0 Å². The number of aryl methyl sites for hydroxylation is 1. The maximum absolute atomic E-state index is 5.86. The number of rotatable bonds is 1. The Labute approximate surface area is 91.6 Å². The van der Waals surface area contributed by atoms with E-state index in [9.17, 15) is 0 Å². The van der Waals surface area contributed by atoms with Gasteiger partial charge >= 0.3 is 0 Å². The number of aromatic amines is 1. The van der Waals surface area contributed by atoms with Crippen LogP contribution in [0.15, 0.2) is 22.7 Å². The summed E-state index contributed by atoms with van der Waals surface area (Å²) in [5, 5.41) is 1.20. The van der Waals surface area contributed by atoms with Crippen LogP contribution in [0, 0.1) is 6.92 Å². The minimum absolute atomic E-state index is 0.0251. The molecule has 2 nitrogen and oxygen atoms in total. The van der Waals surface area contributed by atoms with Gasteiger partial charge in [-0.2, -0.15) is 0 Å². The lowest BCUT2D eigenvalue weighted by Crippen LogP contribution is -2.05. The van der Waals surface area contributed by atoms with Crippen LogP contribution in [0.25, 0.3) is 10.9 Å². The Bertz CT molecular complexity index is 471. The van der Waals surface area contributed by atoms with Crippen molar-refractivity contribution in [3.05, 3.63) is 33.9 Å². The zero-order valence-corrected chi connectivity index (χ0v) is 9.85. The van der Waals surface area contributed by atoms with Gasteiger partial charge in [0.05, 0.1) is 0 Å². The van der Waals surface area contributed by atoms with Gasteiger partial charge in [0.25, 0.3) is 0 Å². The van der Waals surface area contributed by atoms with Crippen molar-refractivity contribution in [3.8, 4) is 0 Å². The molecular weight excluding hydrogens is 240 g/mol. The third-order valence-electron chi connectivity index (χ3n) is 2.37. The van der Waals surface area contributed by atoms with Gasteiger partial charge in [0, 0.05) is 27.1 Å². The zero-order chi connectivity index (χ0) is 10.3. The van der Waals surface area contributed by atoms with E-state index in [0.717, 1.165) is 15.7 Å². The van der Waals surface area contributed by atoms with E-state index in [4.69, 9.17) is 5.73 Å². The molecule has 2 aromatic rings. The average Bonchev–Trinajstić information content (AvgIpc) is 2.43. The van der Waals surface area contributed by atoms with Crippen LogP contribution in [0.1, 0.15) is 24.2 Å². The van der Waals surface area contributed by atoms with Crippen LogP contribution >= 0.6 is 15.9 Å². The SMILES string of the molecule is Cc1ccc2c(Br)c(C(C)N)[nH]c2c1. The van der Waals surface area contributed by atoms with E-state index in [1.54, 1.807) is 0 Å². The van der Waals surface area contributed by atoms with E-state index in [1.807, 2.05) is 6.92 Å². The lowest BCUT2D eigenvalue weighted by atomic mass is 10.2. The van der Waals surface area contributed by atoms with Gasteiger partial charge in [0.2, 0.25) is 0 Å².